The number of ether oxygens (including phenoxy) is 1. The van der Waals surface area contributed by atoms with Crippen LogP contribution in [0.5, 0.6) is 5.75 Å². The molecule has 0 saturated carbocycles. The molecule has 102 valence electrons. The summed E-state index contributed by atoms with van der Waals surface area (Å²) < 4.78 is 32.7. The fraction of sp³-hybridized carbons (Fsp3) is 0.133. The Labute approximate surface area is 115 Å². The van der Waals surface area contributed by atoms with Gasteiger partial charge in [0, 0.05) is 6.07 Å². The van der Waals surface area contributed by atoms with Crippen LogP contribution in [0, 0.1) is 29.9 Å². The van der Waals surface area contributed by atoms with E-state index in [-0.39, 0.29) is 16.9 Å². The smallest absolute Gasteiger partial charge is 0.152 e. The van der Waals surface area contributed by atoms with Crippen LogP contribution in [0.3, 0.4) is 0 Å². The second kappa shape index (κ2) is 5.57. The molecule has 2 rings (SSSR count). The molecule has 20 heavy (non-hydrogen) atoms. The molecule has 0 saturated heterocycles. The van der Waals surface area contributed by atoms with Gasteiger partial charge in [-0.05, 0) is 30.7 Å². The van der Waals surface area contributed by atoms with Gasteiger partial charge in [0.25, 0.3) is 0 Å². The lowest BCUT2D eigenvalue weighted by Crippen LogP contribution is -2.01. The predicted octanol–water partition coefficient (Wildman–Crippen LogP) is 3.90. The van der Waals surface area contributed by atoms with E-state index in [0.29, 0.717) is 11.3 Å². The maximum Gasteiger partial charge on any atom is 0.152 e. The van der Waals surface area contributed by atoms with E-state index in [1.165, 1.54) is 38.3 Å². The summed E-state index contributed by atoms with van der Waals surface area (Å²) in [6.45, 7) is 1.54. The molecule has 2 aromatic rings. The molecule has 0 bridgehead atoms. The second-order valence-corrected chi connectivity index (χ2v) is 4.20. The highest BCUT2D eigenvalue weighted by molar-refractivity contribution is 5.69. The van der Waals surface area contributed by atoms with Gasteiger partial charge in [-0.1, -0.05) is 6.07 Å². The van der Waals surface area contributed by atoms with Gasteiger partial charge in [0.2, 0.25) is 0 Å². The Hall–Kier alpha value is -2.61. The topological polar surface area (TPSA) is 45.0 Å². The minimum absolute atomic E-state index is 0.270. The summed E-state index contributed by atoms with van der Waals surface area (Å²) in [5.74, 6) is -0.920. The first-order valence-corrected chi connectivity index (χ1v) is 5.86. The molecule has 0 amide bonds. The molecule has 5 heteroatoms. The SMILES string of the molecule is COc1ccc(C#N)c(Nc2c(F)ccc(C)c2F)c1. The summed E-state index contributed by atoms with van der Waals surface area (Å²) >= 11 is 0. The first kappa shape index (κ1) is 13.8. The number of nitrogens with zero attached hydrogens (tertiary/aromatic N) is 1. The molecule has 0 unspecified atom stereocenters. The van der Waals surface area contributed by atoms with E-state index >= 15 is 0 Å². The molecule has 3 nitrogen and oxygen atoms in total. The maximum atomic E-state index is 13.9. The molecule has 0 radical (unpaired) electrons. The van der Waals surface area contributed by atoms with Crippen molar-refractivity contribution in [2.45, 2.75) is 6.92 Å². The standard InChI is InChI=1S/C15H12F2N2O/c1-9-3-6-12(16)15(14(9)17)19-13-7-11(20-2)5-4-10(13)8-18/h3-7,19H,1-2H3. The van der Waals surface area contributed by atoms with Gasteiger partial charge in [-0.2, -0.15) is 5.26 Å². The second-order valence-electron chi connectivity index (χ2n) is 4.20. The predicted molar refractivity (Wildman–Crippen MR) is 72.1 cm³/mol. The molecule has 1 N–H and O–H groups in total. The minimum Gasteiger partial charge on any atom is -0.497 e. The molecule has 0 aromatic heterocycles. The van der Waals surface area contributed by atoms with Gasteiger partial charge in [0.15, 0.2) is 5.82 Å². The number of anilines is 2. The summed E-state index contributed by atoms with van der Waals surface area (Å²) in [5.41, 5.74) is 0.589. The zero-order chi connectivity index (χ0) is 14.7. The fourth-order valence-electron chi connectivity index (χ4n) is 1.76. The van der Waals surface area contributed by atoms with Crippen molar-refractivity contribution in [3.63, 3.8) is 0 Å². The van der Waals surface area contributed by atoms with Gasteiger partial charge in [-0.3, -0.25) is 0 Å². The Bertz CT molecular complexity index is 693. The van der Waals surface area contributed by atoms with Gasteiger partial charge < -0.3 is 10.1 Å². The number of hydrogen-bond acceptors (Lipinski definition) is 3. The highest BCUT2D eigenvalue weighted by Gasteiger charge is 2.13. The van der Waals surface area contributed by atoms with Crippen molar-refractivity contribution in [1.29, 1.82) is 5.26 Å². The molecule has 0 atom stereocenters. The zero-order valence-corrected chi connectivity index (χ0v) is 11.0. The monoisotopic (exact) mass is 274 g/mol. The normalized spacial score (nSPS) is 9.95. The number of methoxy groups -OCH3 is 1. The summed E-state index contributed by atoms with van der Waals surface area (Å²) in [7, 11) is 1.47. The molecule has 0 fully saturated rings. The molecule has 0 heterocycles. The Morgan fingerprint density at radius 1 is 1.20 bits per heavy atom. The van der Waals surface area contributed by atoms with Crippen molar-refractivity contribution in [2.24, 2.45) is 0 Å². The summed E-state index contributed by atoms with van der Waals surface area (Å²) in [5, 5.41) is 11.7. The van der Waals surface area contributed by atoms with Crippen LogP contribution >= 0.6 is 0 Å². The van der Waals surface area contributed by atoms with Crippen molar-refractivity contribution < 1.29 is 13.5 Å². The quantitative estimate of drug-likeness (QED) is 0.923. The number of nitriles is 1. The Balaban J connectivity index is 2.50. The lowest BCUT2D eigenvalue weighted by molar-refractivity contribution is 0.415. The van der Waals surface area contributed by atoms with Crippen LogP contribution in [-0.2, 0) is 0 Å². The fourth-order valence-corrected chi connectivity index (χ4v) is 1.76. The number of rotatable bonds is 3. The van der Waals surface area contributed by atoms with Crippen molar-refractivity contribution >= 4 is 11.4 Å². The molecule has 0 aliphatic heterocycles. The van der Waals surface area contributed by atoms with Crippen LogP contribution in [0.15, 0.2) is 30.3 Å². The number of halogens is 2. The van der Waals surface area contributed by atoms with E-state index in [0.717, 1.165) is 0 Å². The Morgan fingerprint density at radius 2 is 1.95 bits per heavy atom. The van der Waals surface area contributed by atoms with Crippen LogP contribution in [0.1, 0.15) is 11.1 Å². The zero-order valence-electron chi connectivity index (χ0n) is 11.0. The van der Waals surface area contributed by atoms with Gasteiger partial charge in [0.1, 0.15) is 23.3 Å². The van der Waals surface area contributed by atoms with Crippen LogP contribution in [0.2, 0.25) is 0 Å². The lowest BCUT2D eigenvalue weighted by Gasteiger charge is -2.12. The van der Waals surface area contributed by atoms with Crippen LogP contribution < -0.4 is 10.1 Å². The molecular formula is C15H12F2N2O. The Kier molecular flexibility index (Phi) is 3.85. The summed E-state index contributed by atoms with van der Waals surface area (Å²) in [4.78, 5) is 0. The molecular weight excluding hydrogens is 262 g/mol. The van der Waals surface area contributed by atoms with Gasteiger partial charge >= 0.3 is 0 Å². The van der Waals surface area contributed by atoms with Gasteiger partial charge in [0.05, 0.1) is 18.4 Å². The number of nitrogens with one attached hydrogen (secondary N) is 1. The minimum atomic E-state index is -0.722. The number of hydrogen-bond donors (Lipinski definition) is 1. The van der Waals surface area contributed by atoms with E-state index in [2.05, 4.69) is 5.32 Å². The average Bonchev–Trinajstić information content (AvgIpc) is 2.47. The third-order valence-electron chi connectivity index (χ3n) is 2.89. The highest BCUT2D eigenvalue weighted by atomic mass is 19.1. The molecule has 0 aliphatic carbocycles. The van der Waals surface area contributed by atoms with Crippen molar-refractivity contribution in [3.05, 3.63) is 53.1 Å². The Morgan fingerprint density at radius 3 is 2.60 bits per heavy atom. The van der Waals surface area contributed by atoms with Crippen molar-refractivity contribution in [3.8, 4) is 11.8 Å². The van der Waals surface area contributed by atoms with E-state index < -0.39 is 11.6 Å². The molecule has 2 aromatic carbocycles. The van der Waals surface area contributed by atoms with Crippen LogP contribution in [0.25, 0.3) is 0 Å². The first-order chi connectivity index (χ1) is 9.56. The van der Waals surface area contributed by atoms with E-state index in [4.69, 9.17) is 10.00 Å². The summed E-state index contributed by atoms with van der Waals surface area (Å²) in [6, 6.07) is 9.12. The maximum absolute atomic E-state index is 13.9. The van der Waals surface area contributed by atoms with Gasteiger partial charge in [-0.15, -0.1) is 0 Å². The lowest BCUT2D eigenvalue weighted by atomic mass is 10.1. The largest absolute Gasteiger partial charge is 0.497 e. The van der Waals surface area contributed by atoms with Crippen molar-refractivity contribution in [1.82, 2.24) is 0 Å². The van der Waals surface area contributed by atoms with Crippen molar-refractivity contribution in [2.75, 3.05) is 12.4 Å². The molecule has 0 spiro atoms. The average molecular weight is 274 g/mol. The highest BCUT2D eigenvalue weighted by Crippen LogP contribution is 2.29. The third kappa shape index (κ3) is 2.54. The number of benzene rings is 2. The van der Waals surface area contributed by atoms with Crippen LogP contribution in [0.4, 0.5) is 20.2 Å². The van der Waals surface area contributed by atoms with E-state index in [9.17, 15) is 8.78 Å². The molecule has 0 aliphatic rings. The number of aryl methyl sites for hydroxylation is 1. The summed E-state index contributed by atoms with van der Waals surface area (Å²) in [6.07, 6.45) is 0. The van der Waals surface area contributed by atoms with E-state index in [1.54, 1.807) is 6.07 Å². The van der Waals surface area contributed by atoms with Gasteiger partial charge in [-0.25, -0.2) is 8.78 Å². The first-order valence-electron chi connectivity index (χ1n) is 5.86. The van der Waals surface area contributed by atoms with Crippen LogP contribution in [-0.4, -0.2) is 7.11 Å². The third-order valence-corrected chi connectivity index (χ3v) is 2.89. The van der Waals surface area contributed by atoms with E-state index in [1.807, 2.05) is 6.07 Å².